The Balaban J connectivity index is 1.99. The van der Waals surface area contributed by atoms with Crippen molar-refractivity contribution >= 4 is 23.4 Å². The van der Waals surface area contributed by atoms with Crippen LogP contribution in [0.15, 0.2) is 34.9 Å². The fraction of sp³-hybridized carbons (Fsp3) is 0.357. The van der Waals surface area contributed by atoms with Crippen molar-refractivity contribution in [3.63, 3.8) is 0 Å². The average Bonchev–Trinajstić information content (AvgIpc) is 2.85. The third-order valence-electron chi connectivity index (χ3n) is 2.73. The number of nitrogens with zero attached hydrogens (tertiary/aromatic N) is 1. The van der Waals surface area contributed by atoms with Gasteiger partial charge in [-0.2, -0.15) is 0 Å². The highest BCUT2D eigenvalue weighted by atomic mass is 35.5. The number of hydrogen-bond donors (Lipinski definition) is 1. The SMILES string of the molecule is CC(CCN)SCc1ncc(-c2cccc(Cl)c2)o1. The number of aromatic nitrogens is 1. The van der Waals surface area contributed by atoms with Gasteiger partial charge in [0.2, 0.25) is 5.89 Å². The second-order valence-corrected chi connectivity index (χ2v) is 6.19. The summed E-state index contributed by atoms with van der Waals surface area (Å²) in [5.74, 6) is 2.26. The summed E-state index contributed by atoms with van der Waals surface area (Å²) in [7, 11) is 0. The molecular formula is C14H17ClN2OS. The molecule has 0 spiro atoms. The van der Waals surface area contributed by atoms with Crippen LogP contribution in [0.1, 0.15) is 19.2 Å². The first-order valence-corrected chi connectivity index (χ1v) is 7.64. The smallest absolute Gasteiger partial charge is 0.204 e. The summed E-state index contributed by atoms with van der Waals surface area (Å²) in [6.07, 6.45) is 2.75. The Labute approximate surface area is 122 Å². The van der Waals surface area contributed by atoms with Crippen LogP contribution in [0, 0.1) is 0 Å². The molecule has 3 nitrogen and oxygen atoms in total. The molecule has 19 heavy (non-hydrogen) atoms. The predicted molar refractivity (Wildman–Crippen MR) is 81.4 cm³/mol. The molecule has 2 N–H and O–H groups in total. The molecule has 0 saturated carbocycles. The van der Waals surface area contributed by atoms with Crippen molar-refractivity contribution in [3.05, 3.63) is 41.4 Å². The van der Waals surface area contributed by atoms with Gasteiger partial charge in [-0.3, -0.25) is 0 Å². The second kappa shape index (κ2) is 6.98. The molecule has 0 saturated heterocycles. The minimum atomic E-state index is 0.520. The van der Waals surface area contributed by atoms with Crippen LogP contribution in [-0.4, -0.2) is 16.8 Å². The maximum absolute atomic E-state index is 5.96. The lowest BCUT2D eigenvalue weighted by atomic mass is 10.2. The van der Waals surface area contributed by atoms with Crippen molar-refractivity contribution < 1.29 is 4.42 Å². The Morgan fingerprint density at radius 1 is 1.47 bits per heavy atom. The Hall–Kier alpha value is -0.970. The van der Waals surface area contributed by atoms with Gasteiger partial charge in [0, 0.05) is 15.8 Å². The molecule has 0 amide bonds. The van der Waals surface area contributed by atoms with E-state index in [1.165, 1.54) is 0 Å². The first-order valence-electron chi connectivity index (χ1n) is 6.21. The Bertz CT molecular complexity index is 530. The molecular weight excluding hydrogens is 280 g/mol. The van der Waals surface area contributed by atoms with Gasteiger partial charge in [0.25, 0.3) is 0 Å². The first-order chi connectivity index (χ1) is 9.19. The summed E-state index contributed by atoms with van der Waals surface area (Å²) in [4.78, 5) is 4.29. The molecule has 1 unspecified atom stereocenters. The third-order valence-corrected chi connectivity index (χ3v) is 4.18. The zero-order chi connectivity index (χ0) is 13.7. The maximum Gasteiger partial charge on any atom is 0.204 e. The van der Waals surface area contributed by atoms with Gasteiger partial charge in [-0.05, 0) is 25.1 Å². The summed E-state index contributed by atoms with van der Waals surface area (Å²) in [6, 6.07) is 7.57. The van der Waals surface area contributed by atoms with Crippen LogP contribution >= 0.6 is 23.4 Å². The predicted octanol–water partition coefficient (Wildman–Crippen LogP) is 3.97. The minimum Gasteiger partial charge on any atom is -0.440 e. The van der Waals surface area contributed by atoms with Crippen LogP contribution in [0.5, 0.6) is 0 Å². The zero-order valence-corrected chi connectivity index (χ0v) is 12.4. The van der Waals surface area contributed by atoms with Gasteiger partial charge < -0.3 is 10.2 Å². The third kappa shape index (κ3) is 4.27. The first kappa shape index (κ1) is 14.4. The normalized spacial score (nSPS) is 12.6. The number of oxazole rings is 1. The van der Waals surface area contributed by atoms with Crippen molar-refractivity contribution in [2.75, 3.05) is 6.54 Å². The molecule has 0 aliphatic rings. The number of hydrogen-bond acceptors (Lipinski definition) is 4. The molecule has 102 valence electrons. The van der Waals surface area contributed by atoms with Gasteiger partial charge in [0.15, 0.2) is 5.76 Å². The van der Waals surface area contributed by atoms with Gasteiger partial charge >= 0.3 is 0 Å². The number of nitrogens with two attached hydrogens (primary N) is 1. The lowest BCUT2D eigenvalue weighted by Gasteiger charge is -2.06. The van der Waals surface area contributed by atoms with E-state index in [1.807, 2.05) is 24.3 Å². The van der Waals surface area contributed by atoms with Crippen LogP contribution in [0.25, 0.3) is 11.3 Å². The van der Waals surface area contributed by atoms with E-state index in [-0.39, 0.29) is 0 Å². The highest BCUT2D eigenvalue weighted by Crippen LogP contribution is 2.26. The fourth-order valence-electron chi connectivity index (χ4n) is 1.68. The van der Waals surface area contributed by atoms with E-state index in [0.717, 1.165) is 29.4 Å². The highest BCUT2D eigenvalue weighted by molar-refractivity contribution is 7.99. The largest absolute Gasteiger partial charge is 0.440 e. The standard InChI is InChI=1S/C14H17ClN2OS/c1-10(5-6-16)19-9-14-17-8-13(18-14)11-3-2-4-12(15)7-11/h2-4,7-8,10H,5-6,9,16H2,1H3. The molecule has 0 aliphatic carbocycles. The van der Waals surface area contributed by atoms with Crippen molar-refractivity contribution in [2.24, 2.45) is 5.73 Å². The molecule has 0 aliphatic heterocycles. The van der Waals surface area contributed by atoms with Crippen LogP contribution in [-0.2, 0) is 5.75 Å². The number of thioether (sulfide) groups is 1. The summed E-state index contributed by atoms with van der Waals surface area (Å²) < 4.78 is 5.73. The van der Waals surface area contributed by atoms with E-state index < -0.39 is 0 Å². The van der Waals surface area contributed by atoms with Gasteiger partial charge in [0.1, 0.15) is 0 Å². The maximum atomic E-state index is 5.96. The van der Waals surface area contributed by atoms with E-state index in [1.54, 1.807) is 18.0 Å². The molecule has 2 rings (SSSR count). The van der Waals surface area contributed by atoms with Crippen molar-refractivity contribution in [1.82, 2.24) is 4.98 Å². The Kier molecular flexibility index (Phi) is 5.31. The summed E-state index contributed by atoms with van der Waals surface area (Å²) in [6.45, 7) is 2.88. The van der Waals surface area contributed by atoms with E-state index in [2.05, 4.69) is 11.9 Å². The molecule has 0 fully saturated rings. The van der Waals surface area contributed by atoms with Crippen LogP contribution < -0.4 is 5.73 Å². The minimum absolute atomic E-state index is 0.520. The van der Waals surface area contributed by atoms with Gasteiger partial charge in [-0.15, -0.1) is 11.8 Å². The topological polar surface area (TPSA) is 52.0 Å². The lowest BCUT2D eigenvalue weighted by molar-refractivity contribution is 0.529. The molecule has 0 bridgehead atoms. The van der Waals surface area contributed by atoms with Gasteiger partial charge in [-0.25, -0.2) is 4.98 Å². The molecule has 2 aromatic rings. The highest BCUT2D eigenvalue weighted by Gasteiger charge is 2.09. The molecule has 0 radical (unpaired) electrons. The van der Waals surface area contributed by atoms with E-state index in [4.69, 9.17) is 21.8 Å². The van der Waals surface area contributed by atoms with Gasteiger partial charge in [0.05, 0.1) is 11.9 Å². The summed E-state index contributed by atoms with van der Waals surface area (Å²) in [5, 5.41) is 1.22. The van der Waals surface area contributed by atoms with E-state index >= 15 is 0 Å². The number of rotatable bonds is 6. The molecule has 5 heteroatoms. The van der Waals surface area contributed by atoms with Crippen molar-refractivity contribution in [2.45, 2.75) is 24.3 Å². The van der Waals surface area contributed by atoms with Crippen LogP contribution in [0.3, 0.4) is 0 Å². The Morgan fingerprint density at radius 3 is 3.05 bits per heavy atom. The Morgan fingerprint density at radius 2 is 2.32 bits per heavy atom. The zero-order valence-electron chi connectivity index (χ0n) is 10.8. The van der Waals surface area contributed by atoms with E-state index in [0.29, 0.717) is 16.8 Å². The number of halogens is 1. The molecule has 1 atom stereocenters. The molecule has 1 heterocycles. The van der Waals surface area contributed by atoms with Crippen LogP contribution in [0.2, 0.25) is 5.02 Å². The monoisotopic (exact) mass is 296 g/mol. The molecule has 1 aromatic carbocycles. The fourth-order valence-corrected chi connectivity index (χ4v) is 2.74. The van der Waals surface area contributed by atoms with Gasteiger partial charge in [-0.1, -0.05) is 30.7 Å². The van der Waals surface area contributed by atoms with E-state index in [9.17, 15) is 0 Å². The quantitative estimate of drug-likeness (QED) is 0.876. The van der Waals surface area contributed by atoms with Crippen molar-refractivity contribution in [1.29, 1.82) is 0 Å². The lowest BCUT2D eigenvalue weighted by Crippen LogP contribution is -2.07. The number of benzene rings is 1. The average molecular weight is 297 g/mol. The van der Waals surface area contributed by atoms with Crippen LogP contribution in [0.4, 0.5) is 0 Å². The summed E-state index contributed by atoms with van der Waals surface area (Å²) >= 11 is 7.76. The molecule has 1 aromatic heterocycles. The second-order valence-electron chi connectivity index (χ2n) is 4.33. The van der Waals surface area contributed by atoms with Crippen molar-refractivity contribution in [3.8, 4) is 11.3 Å². The summed E-state index contributed by atoms with van der Waals surface area (Å²) in [5.41, 5.74) is 6.48.